The standard InChI is InChI=1S/C24H23F3N2O6S/c1-32-18-5-7-20(33-2)22(12-18)36(30,31)29-8-9-35-23-16(14-29)10-15(11-21(23)34-3)19-6-4-17(13-28-19)24(25,26)27/h4-7,10-13H,8-9,14H2,1-3H3. The van der Waals surface area contributed by atoms with E-state index in [1.54, 1.807) is 18.2 Å². The topological polar surface area (TPSA) is 87.2 Å². The summed E-state index contributed by atoms with van der Waals surface area (Å²) in [5.41, 5.74) is 0.299. The quantitative estimate of drug-likeness (QED) is 0.473. The highest BCUT2D eigenvalue weighted by Crippen LogP contribution is 2.40. The minimum absolute atomic E-state index is 0.0361. The fraction of sp³-hybridized carbons (Fsp3) is 0.292. The maximum absolute atomic E-state index is 13.6. The first kappa shape index (κ1) is 25.6. The number of aromatic nitrogens is 1. The molecule has 0 saturated carbocycles. The molecule has 8 nitrogen and oxygen atoms in total. The van der Waals surface area contributed by atoms with Gasteiger partial charge in [0, 0.05) is 36.5 Å². The molecule has 36 heavy (non-hydrogen) atoms. The Kier molecular flexibility index (Phi) is 7.01. The number of ether oxygens (including phenoxy) is 4. The molecule has 3 aromatic rings. The molecule has 0 saturated heterocycles. The van der Waals surface area contributed by atoms with E-state index in [0.29, 0.717) is 28.4 Å². The van der Waals surface area contributed by atoms with E-state index >= 15 is 0 Å². The Morgan fingerprint density at radius 3 is 2.33 bits per heavy atom. The minimum Gasteiger partial charge on any atom is -0.497 e. The molecule has 0 amide bonds. The molecule has 0 radical (unpaired) electrons. The molecule has 192 valence electrons. The van der Waals surface area contributed by atoms with E-state index in [2.05, 4.69) is 4.98 Å². The van der Waals surface area contributed by atoms with Gasteiger partial charge in [0.1, 0.15) is 23.0 Å². The summed E-state index contributed by atoms with van der Waals surface area (Å²) in [7, 11) is 0.163. The molecule has 0 bridgehead atoms. The average Bonchev–Trinajstić information content (AvgIpc) is 3.10. The molecular weight excluding hydrogens is 501 g/mol. The zero-order valence-electron chi connectivity index (χ0n) is 19.6. The zero-order chi connectivity index (χ0) is 26.1. The fourth-order valence-electron chi connectivity index (χ4n) is 3.82. The lowest BCUT2D eigenvalue weighted by molar-refractivity contribution is -0.137. The second-order valence-electron chi connectivity index (χ2n) is 7.80. The number of methoxy groups -OCH3 is 3. The van der Waals surface area contributed by atoms with E-state index in [9.17, 15) is 21.6 Å². The van der Waals surface area contributed by atoms with E-state index < -0.39 is 21.8 Å². The van der Waals surface area contributed by atoms with E-state index in [-0.39, 0.29) is 36.0 Å². The molecule has 0 N–H and O–H groups in total. The summed E-state index contributed by atoms with van der Waals surface area (Å²) in [6.45, 7) is 0.00398. The first-order chi connectivity index (χ1) is 17.1. The van der Waals surface area contributed by atoms with Gasteiger partial charge in [-0.2, -0.15) is 17.5 Å². The van der Waals surface area contributed by atoms with Crippen LogP contribution in [0.15, 0.2) is 53.6 Å². The van der Waals surface area contributed by atoms with Gasteiger partial charge in [0.15, 0.2) is 11.5 Å². The molecule has 0 unspecified atom stereocenters. The van der Waals surface area contributed by atoms with Crippen LogP contribution in [0.3, 0.4) is 0 Å². The van der Waals surface area contributed by atoms with Crippen molar-refractivity contribution in [2.45, 2.75) is 17.6 Å². The largest absolute Gasteiger partial charge is 0.497 e. The van der Waals surface area contributed by atoms with Crippen LogP contribution in [-0.4, -0.2) is 52.2 Å². The van der Waals surface area contributed by atoms with Gasteiger partial charge in [-0.3, -0.25) is 4.98 Å². The molecule has 0 aliphatic carbocycles. The van der Waals surface area contributed by atoms with Crippen molar-refractivity contribution < 1.29 is 40.5 Å². The number of alkyl halides is 3. The third-order valence-electron chi connectivity index (χ3n) is 5.66. The van der Waals surface area contributed by atoms with Crippen molar-refractivity contribution in [3.63, 3.8) is 0 Å². The van der Waals surface area contributed by atoms with Crippen LogP contribution in [0.4, 0.5) is 13.2 Å². The predicted molar refractivity (Wildman–Crippen MR) is 124 cm³/mol. The lowest BCUT2D eigenvalue weighted by atomic mass is 10.0. The van der Waals surface area contributed by atoms with Gasteiger partial charge in [0.25, 0.3) is 0 Å². The van der Waals surface area contributed by atoms with Crippen LogP contribution in [0.2, 0.25) is 0 Å². The third-order valence-corrected chi connectivity index (χ3v) is 7.53. The first-order valence-electron chi connectivity index (χ1n) is 10.7. The lowest BCUT2D eigenvalue weighted by Crippen LogP contribution is -2.32. The highest BCUT2D eigenvalue weighted by molar-refractivity contribution is 7.89. The average molecular weight is 525 g/mol. The normalized spacial score (nSPS) is 14.4. The van der Waals surface area contributed by atoms with Crippen LogP contribution < -0.4 is 18.9 Å². The Hall–Kier alpha value is -3.51. The molecule has 1 aromatic heterocycles. The van der Waals surface area contributed by atoms with E-state index in [0.717, 1.165) is 12.3 Å². The van der Waals surface area contributed by atoms with Crippen LogP contribution >= 0.6 is 0 Å². The maximum atomic E-state index is 13.6. The van der Waals surface area contributed by atoms with Gasteiger partial charge in [-0.25, -0.2) is 8.42 Å². The van der Waals surface area contributed by atoms with Gasteiger partial charge in [0.05, 0.1) is 32.6 Å². The Morgan fingerprint density at radius 1 is 0.972 bits per heavy atom. The van der Waals surface area contributed by atoms with Crippen molar-refractivity contribution in [1.29, 1.82) is 0 Å². The molecule has 0 atom stereocenters. The number of rotatable bonds is 6. The van der Waals surface area contributed by atoms with Gasteiger partial charge >= 0.3 is 6.18 Å². The van der Waals surface area contributed by atoms with Crippen molar-refractivity contribution in [1.82, 2.24) is 9.29 Å². The summed E-state index contributed by atoms with van der Waals surface area (Å²) in [4.78, 5) is 3.87. The van der Waals surface area contributed by atoms with Crippen molar-refractivity contribution in [2.24, 2.45) is 0 Å². The number of pyridine rings is 1. The molecule has 2 aromatic carbocycles. The lowest BCUT2D eigenvalue weighted by Gasteiger charge is -2.21. The maximum Gasteiger partial charge on any atom is 0.417 e. The minimum atomic E-state index is -4.51. The summed E-state index contributed by atoms with van der Waals surface area (Å²) in [5.74, 6) is 1.16. The monoisotopic (exact) mass is 524 g/mol. The molecule has 0 fully saturated rings. The van der Waals surface area contributed by atoms with Crippen molar-refractivity contribution in [2.75, 3.05) is 34.5 Å². The van der Waals surface area contributed by atoms with Crippen LogP contribution in [0.1, 0.15) is 11.1 Å². The van der Waals surface area contributed by atoms with Gasteiger partial charge in [0.2, 0.25) is 10.0 Å². The van der Waals surface area contributed by atoms with Gasteiger partial charge < -0.3 is 18.9 Å². The smallest absolute Gasteiger partial charge is 0.417 e. The van der Waals surface area contributed by atoms with Crippen molar-refractivity contribution in [3.05, 3.63) is 59.8 Å². The van der Waals surface area contributed by atoms with Gasteiger partial charge in [-0.1, -0.05) is 0 Å². The summed E-state index contributed by atoms with van der Waals surface area (Å²) in [5, 5.41) is 0. The van der Waals surface area contributed by atoms with Crippen LogP contribution in [0.5, 0.6) is 23.0 Å². The summed E-state index contributed by atoms with van der Waals surface area (Å²) >= 11 is 0. The number of sulfonamides is 1. The van der Waals surface area contributed by atoms with Crippen molar-refractivity contribution in [3.8, 4) is 34.3 Å². The van der Waals surface area contributed by atoms with Crippen LogP contribution in [-0.2, 0) is 22.7 Å². The number of hydrogen-bond acceptors (Lipinski definition) is 7. The molecule has 2 heterocycles. The van der Waals surface area contributed by atoms with E-state index in [4.69, 9.17) is 18.9 Å². The highest BCUT2D eigenvalue weighted by atomic mass is 32.2. The molecular formula is C24H23F3N2O6S. The van der Waals surface area contributed by atoms with Crippen LogP contribution in [0, 0.1) is 0 Å². The van der Waals surface area contributed by atoms with Gasteiger partial charge in [-0.15, -0.1) is 0 Å². The second kappa shape index (κ2) is 9.86. The Morgan fingerprint density at radius 2 is 1.72 bits per heavy atom. The molecule has 12 heteroatoms. The highest BCUT2D eigenvalue weighted by Gasteiger charge is 2.33. The number of fused-ring (bicyclic) bond motifs is 1. The Balaban J connectivity index is 1.75. The van der Waals surface area contributed by atoms with Gasteiger partial charge in [-0.05, 0) is 36.4 Å². The molecule has 1 aliphatic rings. The number of benzene rings is 2. The SMILES string of the molecule is COc1ccc(OC)c(S(=O)(=O)N2CCOc3c(cc(-c4ccc(C(F)(F)F)cn4)cc3OC)C2)c1. The zero-order valence-corrected chi connectivity index (χ0v) is 20.4. The molecule has 1 aliphatic heterocycles. The van der Waals surface area contributed by atoms with Crippen molar-refractivity contribution >= 4 is 10.0 Å². The Bertz CT molecular complexity index is 1360. The molecule has 4 rings (SSSR count). The van der Waals surface area contributed by atoms with Crippen LogP contribution in [0.25, 0.3) is 11.3 Å². The predicted octanol–water partition coefficient (Wildman–Crippen LogP) is 4.38. The van der Waals surface area contributed by atoms with E-state index in [1.165, 1.54) is 43.8 Å². The third kappa shape index (κ3) is 4.91. The Labute approximate surface area is 206 Å². The summed E-state index contributed by atoms with van der Waals surface area (Å²) in [6, 6.07) is 9.87. The number of nitrogens with zero attached hydrogens (tertiary/aromatic N) is 2. The fourth-order valence-corrected chi connectivity index (χ4v) is 5.39. The number of halogens is 3. The number of hydrogen-bond donors (Lipinski definition) is 0. The summed E-state index contributed by atoms with van der Waals surface area (Å²) in [6.07, 6.45) is -3.77. The summed E-state index contributed by atoms with van der Waals surface area (Å²) < 4.78 is 89.1. The van der Waals surface area contributed by atoms with E-state index in [1.807, 2.05) is 0 Å². The first-order valence-corrected chi connectivity index (χ1v) is 12.1. The molecule has 0 spiro atoms. The second-order valence-corrected chi connectivity index (χ2v) is 9.71.